The lowest BCUT2D eigenvalue weighted by atomic mass is 10.2. The molecule has 0 amide bonds. The summed E-state index contributed by atoms with van der Waals surface area (Å²) in [5, 5.41) is 0. The van der Waals surface area contributed by atoms with E-state index < -0.39 is 22.4 Å². The predicted octanol–water partition coefficient (Wildman–Crippen LogP) is 0.684. The van der Waals surface area contributed by atoms with E-state index in [4.69, 9.17) is 4.12 Å². The highest BCUT2D eigenvalue weighted by Crippen LogP contribution is 2.29. The molecule has 0 radical (unpaired) electrons. The smallest absolute Gasteiger partial charge is 0.389 e. The van der Waals surface area contributed by atoms with Crippen molar-refractivity contribution in [1.82, 2.24) is 0 Å². The van der Waals surface area contributed by atoms with Crippen molar-refractivity contribution in [1.29, 1.82) is 0 Å². The van der Waals surface area contributed by atoms with E-state index in [0.29, 0.717) is 16.9 Å². The fourth-order valence-electron chi connectivity index (χ4n) is 1.01. The Bertz CT molecular complexity index is 137. The predicted molar refractivity (Wildman–Crippen MR) is 48.8 cm³/mol. The Balaban J connectivity index is 3.85. The second-order valence-electron chi connectivity index (χ2n) is 2.67. The van der Waals surface area contributed by atoms with E-state index in [2.05, 4.69) is 6.58 Å². The van der Waals surface area contributed by atoms with Crippen LogP contribution in [-0.2, 0) is 4.12 Å². The van der Waals surface area contributed by atoms with Gasteiger partial charge in [0.25, 0.3) is 0 Å². The van der Waals surface area contributed by atoms with Crippen LogP contribution in [0.15, 0.2) is 12.7 Å². The van der Waals surface area contributed by atoms with Gasteiger partial charge in [-0.25, -0.2) is 0 Å². The Morgan fingerprint density at radius 2 is 2.17 bits per heavy atom. The molecule has 0 aliphatic carbocycles. The van der Waals surface area contributed by atoms with E-state index in [0.717, 1.165) is 0 Å². The molecule has 0 saturated heterocycles. The van der Waals surface area contributed by atoms with Gasteiger partial charge in [0.05, 0.1) is 0 Å². The van der Waals surface area contributed by atoms with Crippen LogP contribution < -0.4 is 0 Å². The molecule has 0 saturated carbocycles. The monoisotopic (exact) mass is 214 g/mol. The maximum absolute atomic E-state index is 11.9. The van der Waals surface area contributed by atoms with Crippen molar-refractivity contribution in [2.24, 2.45) is 0 Å². The molecule has 0 aliphatic rings. The third-order valence-electron chi connectivity index (χ3n) is 1.42. The van der Waals surface area contributed by atoms with Gasteiger partial charge >= 0.3 is 6.18 Å². The normalized spacial score (nSPS) is 15.6. The van der Waals surface area contributed by atoms with Crippen molar-refractivity contribution in [3.63, 3.8) is 0 Å². The zero-order valence-electron chi connectivity index (χ0n) is 7.03. The molecule has 0 aliphatic heterocycles. The first kappa shape index (κ1) is 11.9. The number of halogens is 3. The third-order valence-corrected chi connectivity index (χ3v) is 3.85. The molecule has 1 unspecified atom stereocenters. The minimum Gasteiger partial charge on any atom is -0.468 e. The van der Waals surface area contributed by atoms with Crippen LogP contribution >= 0.6 is 0 Å². The van der Waals surface area contributed by atoms with E-state index in [1.54, 1.807) is 0 Å². The van der Waals surface area contributed by atoms with Crippen molar-refractivity contribution in [3.8, 4) is 0 Å². The molecule has 0 aromatic rings. The summed E-state index contributed by atoms with van der Waals surface area (Å²) < 4.78 is 40.6. The Morgan fingerprint density at radius 3 is 2.50 bits per heavy atom. The second-order valence-corrected chi connectivity index (χ2v) is 6.46. The van der Waals surface area contributed by atoms with Crippen LogP contribution in [0.25, 0.3) is 0 Å². The quantitative estimate of drug-likeness (QED) is 0.483. The molecular formula is C6H13F3OSi2. The van der Waals surface area contributed by atoms with Gasteiger partial charge in [0.1, 0.15) is 20.2 Å². The van der Waals surface area contributed by atoms with Crippen LogP contribution in [0.3, 0.4) is 0 Å². The standard InChI is InChI=1S/C6H13F3OSi2/c1-2-3-5(12-10-11)4-6(7,8)9/h2,5H,1,3-4,12H2,11H3. The molecule has 72 valence electrons. The first-order valence-electron chi connectivity index (χ1n) is 3.66. The van der Waals surface area contributed by atoms with E-state index >= 15 is 0 Å². The molecule has 6 heteroatoms. The maximum atomic E-state index is 11.9. The minimum absolute atomic E-state index is 0.319. The number of alkyl halides is 3. The van der Waals surface area contributed by atoms with Gasteiger partial charge in [-0.1, -0.05) is 6.08 Å². The Kier molecular flexibility index (Phi) is 5.51. The second kappa shape index (κ2) is 5.55. The largest absolute Gasteiger partial charge is 0.468 e. The van der Waals surface area contributed by atoms with Crippen LogP contribution in [0, 0.1) is 0 Å². The first-order chi connectivity index (χ1) is 5.49. The van der Waals surface area contributed by atoms with Gasteiger partial charge in [-0.3, -0.25) is 0 Å². The topological polar surface area (TPSA) is 9.23 Å². The molecule has 1 atom stereocenters. The maximum Gasteiger partial charge on any atom is 0.389 e. The molecule has 12 heavy (non-hydrogen) atoms. The molecule has 0 aromatic carbocycles. The lowest BCUT2D eigenvalue weighted by molar-refractivity contribution is -0.135. The van der Waals surface area contributed by atoms with Crippen LogP contribution in [0.5, 0.6) is 0 Å². The Labute approximate surface area is 75.5 Å². The SMILES string of the molecule is C=CCC(CC(F)(F)F)[SiH2]O[SiH3]. The minimum atomic E-state index is -4.05. The number of hydrogen-bond donors (Lipinski definition) is 0. The lowest BCUT2D eigenvalue weighted by Crippen LogP contribution is -2.16. The van der Waals surface area contributed by atoms with Crippen molar-refractivity contribution >= 4 is 20.2 Å². The molecule has 0 heterocycles. The first-order valence-corrected chi connectivity index (χ1v) is 5.87. The zero-order valence-corrected chi connectivity index (χ0v) is 10.4. The average molecular weight is 214 g/mol. The van der Waals surface area contributed by atoms with E-state index in [9.17, 15) is 13.2 Å². The zero-order chi connectivity index (χ0) is 9.61. The van der Waals surface area contributed by atoms with Gasteiger partial charge in [-0.05, 0) is 12.0 Å². The summed E-state index contributed by atoms with van der Waals surface area (Å²) in [6.45, 7) is 3.42. The highest BCUT2D eigenvalue weighted by molar-refractivity contribution is 6.36. The molecule has 0 rings (SSSR count). The Morgan fingerprint density at radius 1 is 1.58 bits per heavy atom. The van der Waals surface area contributed by atoms with Gasteiger partial charge in [0, 0.05) is 6.42 Å². The number of rotatable bonds is 5. The van der Waals surface area contributed by atoms with Gasteiger partial charge in [-0.2, -0.15) is 13.2 Å². The molecule has 0 aromatic heterocycles. The van der Waals surface area contributed by atoms with E-state index in [1.807, 2.05) is 0 Å². The summed E-state index contributed by atoms with van der Waals surface area (Å²) >= 11 is 0. The van der Waals surface area contributed by atoms with Crippen molar-refractivity contribution in [2.45, 2.75) is 24.6 Å². The summed E-state index contributed by atoms with van der Waals surface area (Å²) in [5.74, 6) is 0. The van der Waals surface area contributed by atoms with Gasteiger partial charge < -0.3 is 4.12 Å². The fourth-order valence-corrected chi connectivity index (χ4v) is 3.71. The summed E-state index contributed by atoms with van der Waals surface area (Å²) in [5.41, 5.74) is -0.319. The van der Waals surface area contributed by atoms with Gasteiger partial charge in [0.2, 0.25) is 0 Å². The van der Waals surface area contributed by atoms with E-state index in [1.165, 1.54) is 6.08 Å². The fraction of sp³-hybridized carbons (Fsp3) is 0.667. The molecule has 1 nitrogen and oxygen atoms in total. The van der Waals surface area contributed by atoms with Crippen molar-refractivity contribution < 1.29 is 17.3 Å². The number of allylic oxidation sites excluding steroid dienone is 1. The molecular weight excluding hydrogens is 201 g/mol. The summed E-state index contributed by atoms with van der Waals surface area (Å²) in [6.07, 6.45) is -2.81. The van der Waals surface area contributed by atoms with Crippen molar-refractivity contribution in [3.05, 3.63) is 12.7 Å². The third kappa shape index (κ3) is 6.62. The molecule has 0 spiro atoms. The average Bonchev–Trinajstić information content (AvgIpc) is 1.84. The van der Waals surface area contributed by atoms with Crippen LogP contribution in [0.2, 0.25) is 5.54 Å². The van der Waals surface area contributed by atoms with Crippen LogP contribution in [-0.4, -0.2) is 26.4 Å². The van der Waals surface area contributed by atoms with E-state index in [-0.39, 0.29) is 5.54 Å². The summed E-state index contributed by atoms with van der Waals surface area (Å²) in [7, 11) is -0.439. The summed E-state index contributed by atoms with van der Waals surface area (Å²) in [6, 6.07) is 0. The Hall–Kier alpha value is -0.0762. The summed E-state index contributed by atoms with van der Waals surface area (Å²) in [4.78, 5) is 0. The number of hydrogen-bond acceptors (Lipinski definition) is 1. The molecule has 0 fully saturated rings. The van der Waals surface area contributed by atoms with Gasteiger partial charge in [0.15, 0.2) is 0 Å². The molecule has 0 bridgehead atoms. The lowest BCUT2D eigenvalue weighted by Gasteiger charge is -2.15. The molecule has 0 N–H and O–H groups in total. The highest BCUT2D eigenvalue weighted by Gasteiger charge is 2.31. The van der Waals surface area contributed by atoms with Crippen LogP contribution in [0.4, 0.5) is 13.2 Å². The van der Waals surface area contributed by atoms with Gasteiger partial charge in [-0.15, -0.1) is 6.58 Å². The van der Waals surface area contributed by atoms with Crippen LogP contribution in [0.1, 0.15) is 12.8 Å². The van der Waals surface area contributed by atoms with Crippen molar-refractivity contribution in [2.75, 3.05) is 0 Å². The highest BCUT2D eigenvalue weighted by atomic mass is 28.3.